The number of carbonyl (C=O) groups is 2. The molecule has 0 radical (unpaired) electrons. The number of aliphatic carboxylic acids is 1. The van der Waals surface area contributed by atoms with Gasteiger partial charge in [0.1, 0.15) is 0 Å². The Bertz CT molecular complexity index is 577. The van der Waals surface area contributed by atoms with Crippen molar-refractivity contribution in [1.82, 2.24) is 9.80 Å². The molecule has 0 atom stereocenters. The van der Waals surface area contributed by atoms with Crippen molar-refractivity contribution < 1.29 is 14.7 Å². The lowest BCUT2D eigenvalue weighted by atomic mass is 9.97. The largest absolute Gasteiger partial charge is 0.478 e. The number of carboxylic acids is 1. The summed E-state index contributed by atoms with van der Waals surface area (Å²) < 4.78 is 0. The van der Waals surface area contributed by atoms with E-state index in [4.69, 9.17) is 5.11 Å². The predicted octanol–water partition coefficient (Wildman–Crippen LogP) is 1.90. The molecule has 1 N–H and O–H groups in total. The molecule has 6 heteroatoms. The number of likely N-dealkylation sites (N-methyl/N-ethyl adjacent to an activating group) is 1. The van der Waals surface area contributed by atoms with Crippen LogP contribution in [0.1, 0.15) is 24.3 Å². The summed E-state index contributed by atoms with van der Waals surface area (Å²) in [6.45, 7) is 6.06. The molecule has 5 nitrogen and oxygen atoms in total. The van der Waals surface area contributed by atoms with Crippen molar-refractivity contribution >= 4 is 29.3 Å². The van der Waals surface area contributed by atoms with Crippen LogP contribution in [-0.2, 0) is 16.1 Å². The summed E-state index contributed by atoms with van der Waals surface area (Å²) in [6, 6.07) is 1.91. The zero-order chi connectivity index (χ0) is 15.6. The first-order valence-corrected chi connectivity index (χ1v) is 7.68. The number of rotatable bonds is 4. The molecular formula is C15H20N2O3S. The first-order valence-electron chi connectivity index (χ1n) is 6.80. The molecule has 114 valence electrons. The fourth-order valence-corrected chi connectivity index (χ4v) is 3.37. The maximum atomic E-state index is 12.3. The van der Waals surface area contributed by atoms with Gasteiger partial charge in [-0.3, -0.25) is 9.69 Å². The molecule has 1 fully saturated rings. The number of thiophene rings is 1. The van der Waals surface area contributed by atoms with Crippen LogP contribution in [0.3, 0.4) is 0 Å². The molecule has 0 aromatic carbocycles. The van der Waals surface area contributed by atoms with E-state index in [0.717, 1.165) is 23.1 Å². The van der Waals surface area contributed by atoms with Gasteiger partial charge in [0, 0.05) is 37.6 Å². The highest BCUT2D eigenvalue weighted by molar-refractivity contribution is 7.10. The Balaban J connectivity index is 2.17. The third-order valence-electron chi connectivity index (χ3n) is 3.89. The summed E-state index contributed by atoms with van der Waals surface area (Å²) in [5, 5.41) is 10.7. The lowest BCUT2D eigenvalue weighted by Gasteiger charge is -2.44. The fourth-order valence-electron chi connectivity index (χ4n) is 2.49. The van der Waals surface area contributed by atoms with Crippen LogP contribution in [0.4, 0.5) is 0 Å². The van der Waals surface area contributed by atoms with Crippen molar-refractivity contribution in [3.8, 4) is 0 Å². The Labute approximate surface area is 128 Å². The van der Waals surface area contributed by atoms with Crippen LogP contribution < -0.4 is 0 Å². The second kappa shape index (κ2) is 5.99. The zero-order valence-corrected chi connectivity index (χ0v) is 13.3. The first-order chi connectivity index (χ1) is 9.82. The SMILES string of the molecule is CN1CCN(Cc2sccc2/C=C/C(=O)O)C(C)(C)C1=O. The van der Waals surface area contributed by atoms with Gasteiger partial charge in [-0.2, -0.15) is 0 Å². The zero-order valence-electron chi connectivity index (χ0n) is 12.5. The standard InChI is InChI=1S/C15H20N2O3S/c1-15(2)14(20)16(3)7-8-17(15)10-12-11(6-9-21-12)4-5-13(18)19/h4-6,9H,7-8,10H2,1-3H3,(H,18,19)/b5-4+. The maximum Gasteiger partial charge on any atom is 0.328 e. The van der Waals surface area contributed by atoms with Crippen LogP contribution >= 0.6 is 11.3 Å². The van der Waals surface area contributed by atoms with Crippen molar-refractivity contribution in [2.24, 2.45) is 0 Å². The van der Waals surface area contributed by atoms with Crippen LogP contribution in [0, 0.1) is 0 Å². The van der Waals surface area contributed by atoms with E-state index < -0.39 is 11.5 Å². The van der Waals surface area contributed by atoms with Gasteiger partial charge in [0.2, 0.25) is 5.91 Å². The highest BCUT2D eigenvalue weighted by Gasteiger charge is 2.40. The van der Waals surface area contributed by atoms with Gasteiger partial charge in [0.25, 0.3) is 0 Å². The van der Waals surface area contributed by atoms with Gasteiger partial charge in [-0.15, -0.1) is 11.3 Å². The summed E-state index contributed by atoms with van der Waals surface area (Å²) in [5.74, 6) is -0.838. The van der Waals surface area contributed by atoms with E-state index in [1.165, 1.54) is 0 Å². The number of nitrogens with zero attached hydrogens (tertiary/aromatic N) is 2. The summed E-state index contributed by atoms with van der Waals surface area (Å²) in [5.41, 5.74) is 0.370. The topological polar surface area (TPSA) is 60.9 Å². The van der Waals surface area contributed by atoms with E-state index >= 15 is 0 Å². The molecule has 2 rings (SSSR count). The van der Waals surface area contributed by atoms with Gasteiger partial charge in [-0.05, 0) is 36.9 Å². The predicted molar refractivity (Wildman–Crippen MR) is 83.1 cm³/mol. The molecule has 0 saturated carbocycles. The molecular weight excluding hydrogens is 288 g/mol. The van der Waals surface area contributed by atoms with E-state index in [2.05, 4.69) is 4.90 Å². The molecule has 0 spiro atoms. The monoisotopic (exact) mass is 308 g/mol. The number of carboxylic acid groups (broad SMARTS) is 1. The second-order valence-corrected chi connectivity index (χ2v) is 6.68. The summed E-state index contributed by atoms with van der Waals surface area (Å²) in [4.78, 5) is 27.9. The van der Waals surface area contributed by atoms with Gasteiger partial charge >= 0.3 is 5.97 Å². The Morgan fingerprint density at radius 2 is 2.19 bits per heavy atom. The number of hydrogen-bond donors (Lipinski definition) is 1. The van der Waals surface area contributed by atoms with Crippen molar-refractivity contribution in [2.75, 3.05) is 20.1 Å². The molecule has 0 bridgehead atoms. The minimum absolute atomic E-state index is 0.118. The van der Waals surface area contributed by atoms with Crippen molar-refractivity contribution in [3.63, 3.8) is 0 Å². The molecule has 1 aliphatic heterocycles. The molecule has 0 aliphatic carbocycles. The average molecular weight is 308 g/mol. The Hall–Kier alpha value is -1.66. The fraction of sp³-hybridized carbons (Fsp3) is 0.467. The van der Waals surface area contributed by atoms with E-state index in [1.807, 2.05) is 32.3 Å². The number of amides is 1. The molecule has 1 amide bonds. The minimum atomic E-state index is -0.956. The molecule has 1 aromatic rings. The van der Waals surface area contributed by atoms with Gasteiger partial charge in [-0.25, -0.2) is 4.79 Å². The third-order valence-corrected chi connectivity index (χ3v) is 4.81. The Morgan fingerprint density at radius 1 is 1.48 bits per heavy atom. The Kier molecular flexibility index (Phi) is 4.49. The molecule has 2 heterocycles. The minimum Gasteiger partial charge on any atom is -0.478 e. The number of piperazine rings is 1. The molecule has 1 aliphatic rings. The maximum absolute atomic E-state index is 12.3. The molecule has 0 unspecified atom stereocenters. The highest BCUT2D eigenvalue weighted by Crippen LogP contribution is 2.27. The van der Waals surface area contributed by atoms with Crippen LogP contribution in [0.15, 0.2) is 17.5 Å². The van der Waals surface area contributed by atoms with Crippen LogP contribution in [0.2, 0.25) is 0 Å². The van der Waals surface area contributed by atoms with E-state index in [0.29, 0.717) is 13.1 Å². The smallest absolute Gasteiger partial charge is 0.328 e. The van der Waals surface area contributed by atoms with Gasteiger partial charge in [0.05, 0.1) is 5.54 Å². The summed E-state index contributed by atoms with van der Waals surface area (Å²) >= 11 is 1.59. The lowest BCUT2D eigenvalue weighted by Crippen LogP contribution is -2.61. The van der Waals surface area contributed by atoms with Crippen molar-refractivity contribution in [3.05, 3.63) is 28.0 Å². The normalized spacial score (nSPS) is 19.4. The van der Waals surface area contributed by atoms with E-state index in [-0.39, 0.29) is 5.91 Å². The highest BCUT2D eigenvalue weighted by atomic mass is 32.1. The van der Waals surface area contributed by atoms with E-state index in [1.54, 1.807) is 22.3 Å². The molecule has 1 saturated heterocycles. The Morgan fingerprint density at radius 3 is 2.86 bits per heavy atom. The van der Waals surface area contributed by atoms with E-state index in [9.17, 15) is 9.59 Å². The number of hydrogen-bond acceptors (Lipinski definition) is 4. The molecule has 21 heavy (non-hydrogen) atoms. The van der Waals surface area contributed by atoms with Gasteiger partial charge in [-0.1, -0.05) is 0 Å². The average Bonchev–Trinajstić information content (AvgIpc) is 2.85. The van der Waals surface area contributed by atoms with Crippen LogP contribution in [0.5, 0.6) is 0 Å². The number of carbonyl (C=O) groups excluding carboxylic acids is 1. The second-order valence-electron chi connectivity index (χ2n) is 5.68. The van der Waals surface area contributed by atoms with Gasteiger partial charge < -0.3 is 10.0 Å². The third kappa shape index (κ3) is 3.33. The lowest BCUT2D eigenvalue weighted by molar-refractivity contribution is -0.147. The summed E-state index contributed by atoms with van der Waals surface area (Å²) in [6.07, 6.45) is 2.75. The summed E-state index contributed by atoms with van der Waals surface area (Å²) in [7, 11) is 1.83. The van der Waals surface area contributed by atoms with Crippen molar-refractivity contribution in [1.29, 1.82) is 0 Å². The quantitative estimate of drug-likeness (QED) is 0.863. The van der Waals surface area contributed by atoms with Crippen LogP contribution in [-0.4, -0.2) is 52.5 Å². The van der Waals surface area contributed by atoms with Crippen molar-refractivity contribution in [2.45, 2.75) is 25.9 Å². The van der Waals surface area contributed by atoms with Gasteiger partial charge in [0.15, 0.2) is 0 Å². The first kappa shape index (κ1) is 15.7. The van der Waals surface area contributed by atoms with Crippen LogP contribution in [0.25, 0.3) is 6.08 Å². The molecule has 1 aromatic heterocycles.